The molecule has 0 aromatic heterocycles. The van der Waals surface area contributed by atoms with E-state index < -0.39 is 4.92 Å². The summed E-state index contributed by atoms with van der Waals surface area (Å²) in [5, 5.41) is 16.4. The van der Waals surface area contributed by atoms with Gasteiger partial charge in [0, 0.05) is 30.4 Å². The average Bonchev–Trinajstić information content (AvgIpc) is 2.69. The Morgan fingerprint density at radius 3 is 3.00 bits per heavy atom. The molecule has 1 aliphatic heterocycles. The molecule has 106 valence electrons. The number of amidine groups is 1. The van der Waals surface area contributed by atoms with E-state index in [9.17, 15) is 14.9 Å². The maximum absolute atomic E-state index is 12.0. The zero-order chi connectivity index (χ0) is 14.5. The van der Waals surface area contributed by atoms with E-state index in [0.29, 0.717) is 24.3 Å². The second-order valence-electron chi connectivity index (χ2n) is 4.58. The third-order valence-electron chi connectivity index (χ3n) is 3.03. The molecule has 1 amide bonds. The van der Waals surface area contributed by atoms with E-state index in [-0.39, 0.29) is 17.4 Å². The summed E-state index contributed by atoms with van der Waals surface area (Å²) in [4.78, 5) is 26.6. The molecular weight excluding hydrogens is 260 g/mol. The highest BCUT2D eigenvalue weighted by Crippen LogP contribution is 2.22. The van der Waals surface area contributed by atoms with Crippen LogP contribution >= 0.6 is 0 Å². The summed E-state index contributed by atoms with van der Waals surface area (Å²) in [6, 6.07) is 4.60. The molecule has 0 aliphatic carbocycles. The van der Waals surface area contributed by atoms with E-state index >= 15 is 0 Å². The molecule has 0 radical (unpaired) electrons. The van der Waals surface area contributed by atoms with Gasteiger partial charge in [0.25, 0.3) is 11.6 Å². The lowest BCUT2D eigenvalue weighted by Gasteiger charge is -2.08. The third kappa shape index (κ3) is 3.31. The maximum atomic E-state index is 12.0. The lowest BCUT2D eigenvalue weighted by Crippen LogP contribution is -2.35. The topological polar surface area (TPSA) is 96.6 Å². The molecule has 1 aromatic carbocycles. The van der Waals surface area contributed by atoms with Gasteiger partial charge in [-0.2, -0.15) is 0 Å². The van der Waals surface area contributed by atoms with Gasteiger partial charge in [-0.25, -0.2) is 0 Å². The van der Waals surface area contributed by atoms with Crippen LogP contribution in [0.5, 0.6) is 0 Å². The Hall–Kier alpha value is -2.44. The maximum Gasteiger partial charge on any atom is 0.290 e. The van der Waals surface area contributed by atoms with E-state index in [0.717, 1.165) is 12.8 Å². The molecule has 0 fully saturated rings. The first-order valence-electron chi connectivity index (χ1n) is 6.42. The molecule has 20 heavy (non-hydrogen) atoms. The summed E-state index contributed by atoms with van der Waals surface area (Å²) in [5.74, 6) is -0.0872. The normalized spacial score (nSPS) is 14.8. The van der Waals surface area contributed by atoms with Crippen molar-refractivity contribution in [2.45, 2.75) is 19.8 Å². The number of nitro groups is 1. The van der Waals surface area contributed by atoms with Gasteiger partial charge in [0.2, 0.25) is 0 Å². The summed E-state index contributed by atoms with van der Waals surface area (Å²) in [6.07, 6.45) is 1.91. The van der Waals surface area contributed by atoms with Gasteiger partial charge in [0.15, 0.2) is 5.84 Å². The molecule has 0 saturated carbocycles. The van der Waals surface area contributed by atoms with Crippen LogP contribution < -0.4 is 10.6 Å². The minimum absolute atomic E-state index is 0.0152. The van der Waals surface area contributed by atoms with Crippen molar-refractivity contribution >= 4 is 23.1 Å². The number of carbonyl (C=O) groups excluding carboxylic acids is 1. The lowest BCUT2D eigenvalue weighted by atomic mass is 10.2. The van der Waals surface area contributed by atoms with E-state index in [2.05, 4.69) is 15.6 Å². The standard InChI is InChI=1S/C13H16N4O3/c1-9-4-5-10(8-11(9)17(19)20)16-13(18)12-14-6-2-3-7-15-12/h4-5,8H,2-3,6-7H2,1H3,(H,14,15)(H,16,18). The van der Waals surface area contributed by atoms with Crippen LogP contribution in [0.3, 0.4) is 0 Å². The molecule has 1 heterocycles. The van der Waals surface area contributed by atoms with E-state index in [4.69, 9.17) is 0 Å². The first-order chi connectivity index (χ1) is 9.58. The molecule has 7 nitrogen and oxygen atoms in total. The first-order valence-corrected chi connectivity index (χ1v) is 6.42. The van der Waals surface area contributed by atoms with Crippen molar-refractivity contribution in [3.8, 4) is 0 Å². The van der Waals surface area contributed by atoms with E-state index in [1.165, 1.54) is 6.07 Å². The van der Waals surface area contributed by atoms with Crippen LogP contribution in [0.1, 0.15) is 18.4 Å². The summed E-state index contributed by atoms with van der Waals surface area (Å²) >= 11 is 0. The van der Waals surface area contributed by atoms with Crippen LogP contribution in [0.2, 0.25) is 0 Å². The molecular formula is C13H16N4O3. The number of carbonyl (C=O) groups is 1. The van der Waals surface area contributed by atoms with Crippen LogP contribution in [0.25, 0.3) is 0 Å². The predicted octanol–water partition coefficient (Wildman–Crippen LogP) is 1.62. The van der Waals surface area contributed by atoms with Crippen molar-refractivity contribution in [1.82, 2.24) is 5.32 Å². The number of hydrogen-bond acceptors (Lipinski definition) is 5. The highest BCUT2D eigenvalue weighted by atomic mass is 16.6. The minimum atomic E-state index is -0.466. The molecule has 0 bridgehead atoms. The highest BCUT2D eigenvalue weighted by Gasteiger charge is 2.16. The van der Waals surface area contributed by atoms with Gasteiger partial charge in [0.1, 0.15) is 0 Å². The number of benzene rings is 1. The minimum Gasteiger partial charge on any atom is -0.366 e. The molecule has 0 spiro atoms. The van der Waals surface area contributed by atoms with Gasteiger partial charge in [-0.3, -0.25) is 19.9 Å². The van der Waals surface area contributed by atoms with Crippen molar-refractivity contribution in [3.63, 3.8) is 0 Å². The zero-order valence-corrected chi connectivity index (χ0v) is 11.2. The van der Waals surface area contributed by atoms with Crippen molar-refractivity contribution in [1.29, 1.82) is 0 Å². The number of nitro benzene ring substituents is 1. The van der Waals surface area contributed by atoms with E-state index in [1.807, 2.05) is 0 Å². The Morgan fingerprint density at radius 2 is 2.25 bits per heavy atom. The average molecular weight is 276 g/mol. The van der Waals surface area contributed by atoms with E-state index in [1.54, 1.807) is 19.1 Å². The summed E-state index contributed by atoms with van der Waals surface area (Å²) in [6.45, 7) is 2.98. The largest absolute Gasteiger partial charge is 0.366 e. The number of nitrogens with one attached hydrogen (secondary N) is 2. The highest BCUT2D eigenvalue weighted by molar-refractivity contribution is 6.42. The number of anilines is 1. The molecule has 7 heteroatoms. The van der Waals surface area contributed by atoms with Crippen molar-refractivity contribution < 1.29 is 9.72 Å². The summed E-state index contributed by atoms with van der Waals surface area (Å²) in [7, 11) is 0. The molecule has 1 aliphatic rings. The Balaban J connectivity index is 2.13. The number of aryl methyl sites for hydroxylation is 1. The molecule has 2 N–H and O–H groups in total. The van der Waals surface area contributed by atoms with Crippen LogP contribution in [0, 0.1) is 17.0 Å². The van der Waals surface area contributed by atoms with Crippen LogP contribution in [0.15, 0.2) is 23.2 Å². The van der Waals surface area contributed by atoms with Gasteiger partial charge in [-0.1, -0.05) is 6.07 Å². The quantitative estimate of drug-likeness (QED) is 0.647. The fourth-order valence-electron chi connectivity index (χ4n) is 1.92. The van der Waals surface area contributed by atoms with Gasteiger partial charge in [-0.05, 0) is 25.8 Å². The second kappa shape index (κ2) is 6.14. The zero-order valence-electron chi connectivity index (χ0n) is 11.2. The fourth-order valence-corrected chi connectivity index (χ4v) is 1.92. The second-order valence-corrected chi connectivity index (χ2v) is 4.58. The summed E-state index contributed by atoms with van der Waals surface area (Å²) in [5.41, 5.74) is 0.928. The van der Waals surface area contributed by atoms with Crippen LogP contribution in [0.4, 0.5) is 11.4 Å². The molecule has 2 rings (SSSR count). The van der Waals surface area contributed by atoms with Crippen molar-refractivity contribution in [2.24, 2.45) is 4.99 Å². The SMILES string of the molecule is Cc1ccc(NC(=O)C2=NCCCCN2)cc1[N+](=O)[O-]. The van der Waals surface area contributed by atoms with Gasteiger partial charge in [-0.15, -0.1) is 0 Å². The molecule has 0 saturated heterocycles. The number of nitrogens with zero attached hydrogens (tertiary/aromatic N) is 2. The Bertz CT molecular complexity index is 569. The number of amides is 1. The van der Waals surface area contributed by atoms with Crippen molar-refractivity contribution in [2.75, 3.05) is 18.4 Å². The molecule has 0 atom stereocenters. The Morgan fingerprint density at radius 1 is 1.45 bits per heavy atom. The third-order valence-corrected chi connectivity index (χ3v) is 3.03. The number of aliphatic imine (C=N–C) groups is 1. The van der Waals surface area contributed by atoms with Crippen LogP contribution in [-0.2, 0) is 4.79 Å². The summed E-state index contributed by atoms with van der Waals surface area (Å²) < 4.78 is 0. The molecule has 0 unspecified atom stereocenters. The van der Waals surface area contributed by atoms with Gasteiger partial charge >= 0.3 is 0 Å². The molecule has 1 aromatic rings. The first kappa shape index (κ1) is 14.0. The predicted molar refractivity (Wildman–Crippen MR) is 76.0 cm³/mol. The monoisotopic (exact) mass is 276 g/mol. The Kier molecular flexibility index (Phi) is 4.29. The Labute approximate surface area is 116 Å². The van der Waals surface area contributed by atoms with Crippen molar-refractivity contribution in [3.05, 3.63) is 33.9 Å². The van der Waals surface area contributed by atoms with Gasteiger partial charge in [0.05, 0.1) is 4.92 Å². The number of hydrogen-bond donors (Lipinski definition) is 2. The number of rotatable bonds is 3. The lowest BCUT2D eigenvalue weighted by molar-refractivity contribution is -0.385. The fraction of sp³-hybridized carbons (Fsp3) is 0.385. The van der Waals surface area contributed by atoms with Gasteiger partial charge < -0.3 is 10.6 Å². The van der Waals surface area contributed by atoms with Crippen LogP contribution in [-0.4, -0.2) is 29.8 Å². The smallest absolute Gasteiger partial charge is 0.290 e.